The van der Waals surface area contributed by atoms with Gasteiger partial charge in [-0.15, -0.1) is 0 Å². The average Bonchev–Trinajstić information content (AvgIpc) is 2.65. The van der Waals surface area contributed by atoms with Gasteiger partial charge in [-0.25, -0.2) is 0 Å². The summed E-state index contributed by atoms with van der Waals surface area (Å²) >= 11 is 0. The van der Waals surface area contributed by atoms with Crippen molar-refractivity contribution < 1.29 is 14.2 Å². The Morgan fingerprint density at radius 3 is 2.11 bits per heavy atom. The molecule has 1 aromatic rings. The van der Waals surface area contributed by atoms with Crippen molar-refractivity contribution in [1.29, 1.82) is 0 Å². The molecule has 0 aliphatic carbocycles. The zero-order valence-electron chi connectivity index (χ0n) is 18.9. The molecule has 1 aromatic carbocycles. The fourth-order valence-electron chi connectivity index (χ4n) is 3.01. The van der Waals surface area contributed by atoms with E-state index in [4.69, 9.17) is 14.2 Å². The average molecular weight is 395 g/mol. The van der Waals surface area contributed by atoms with Gasteiger partial charge in [-0.3, -0.25) is 4.99 Å². The maximum absolute atomic E-state index is 5.61. The predicted molar refractivity (Wildman–Crippen MR) is 116 cm³/mol. The van der Waals surface area contributed by atoms with Crippen molar-refractivity contribution in [1.82, 2.24) is 15.5 Å². The topological polar surface area (TPSA) is 67.4 Å². The molecule has 0 bridgehead atoms. The summed E-state index contributed by atoms with van der Waals surface area (Å²) in [6.07, 6.45) is 0.0848. The largest absolute Gasteiger partial charge is 0.493 e. The molecular formula is C21H38N4O3. The summed E-state index contributed by atoms with van der Waals surface area (Å²) in [6, 6.07) is 6.15. The Morgan fingerprint density at radius 2 is 1.64 bits per heavy atom. The molecule has 0 aliphatic heterocycles. The number of benzene rings is 1. The molecule has 0 amide bonds. The lowest BCUT2D eigenvalue weighted by Gasteiger charge is -2.30. The molecule has 0 saturated heterocycles. The third-order valence-electron chi connectivity index (χ3n) is 4.81. The van der Waals surface area contributed by atoms with E-state index in [0.717, 1.165) is 23.0 Å². The molecule has 160 valence electrons. The van der Waals surface area contributed by atoms with Crippen LogP contribution in [0.5, 0.6) is 11.5 Å². The van der Waals surface area contributed by atoms with Crippen LogP contribution in [-0.4, -0.2) is 72.5 Å². The summed E-state index contributed by atoms with van der Waals surface area (Å²) in [5.41, 5.74) is 1.18. The standard InChI is InChI=1S/C21H38N4O3/c1-21(2,3)19(28-9)14-24-20(22-4)23-13-16(25(5)6)15-10-11-17(26-7)18(12-15)27-8/h10-12,16,19H,13-14H2,1-9H3,(H2,22,23,24). The summed E-state index contributed by atoms with van der Waals surface area (Å²) in [4.78, 5) is 6.50. The van der Waals surface area contributed by atoms with Crippen molar-refractivity contribution in [2.45, 2.75) is 32.9 Å². The van der Waals surface area contributed by atoms with E-state index in [0.29, 0.717) is 13.1 Å². The molecule has 2 atom stereocenters. The number of hydrogen-bond donors (Lipinski definition) is 2. The third kappa shape index (κ3) is 6.87. The lowest BCUT2D eigenvalue weighted by atomic mass is 9.89. The van der Waals surface area contributed by atoms with Crippen molar-refractivity contribution in [3.8, 4) is 11.5 Å². The molecule has 7 heteroatoms. The van der Waals surface area contributed by atoms with Crippen LogP contribution in [0.4, 0.5) is 0 Å². The summed E-state index contributed by atoms with van der Waals surface area (Å²) in [5, 5.41) is 6.78. The van der Waals surface area contributed by atoms with E-state index in [1.54, 1.807) is 28.4 Å². The van der Waals surface area contributed by atoms with Gasteiger partial charge < -0.3 is 29.7 Å². The highest BCUT2D eigenvalue weighted by molar-refractivity contribution is 5.79. The SMILES string of the molecule is CN=C(NCC(c1ccc(OC)c(OC)c1)N(C)C)NCC(OC)C(C)(C)C. The number of nitrogens with zero attached hydrogens (tertiary/aromatic N) is 2. The van der Waals surface area contributed by atoms with E-state index in [1.807, 2.05) is 12.1 Å². The van der Waals surface area contributed by atoms with E-state index < -0.39 is 0 Å². The van der Waals surface area contributed by atoms with Gasteiger partial charge in [0, 0.05) is 27.2 Å². The second kappa shape index (κ2) is 11.1. The van der Waals surface area contributed by atoms with Crippen molar-refractivity contribution in [3.63, 3.8) is 0 Å². The van der Waals surface area contributed by atoms with E-state index in [1.165, 1.54) is 0 Å². The number of aliphatic imine (C=N–C) groups is 1. The Bertz CT molecular complexity index is 627. The zero-order valence-corrected chi connectivity index (χ0v) is 18.9. The molecule has 0 heterocycles. The first kappa shape index (κ1) is 24.0. The molecule has 2 unspecified atom stereocenters. The molecule has 0 aliphatic rings. The molecule has 28 heavy (non-hydrogen) atoms. The molecule has 0 aromatic heterocycles. The first-order chi connectivity index (χ1) is 13.2. The second-order valence-corrected chi connectivity index (χ2v) is 8.02. The fourth-order valence-corrected chi connectivity index (χ4v) is 3.01. The van der Waals surface area contributed by atoms with E-state index in [-0.39, 0.29) is 17.6 Å². The van der Waals surface area contributed by atoms with Crippen molar-refractivity contribution >= 4 is 5.96 Å². The Hall–Kier alpha value is -1.99. The Balaban J connectivity index is 2.82. The van der Waals surface area contributed by atoms with Gasteiger partial charge in [0.25, 0.3) is 0 Å². The number of rotatable bonds is 9. The van der Waals surface area contributed by atoms with Crippen LogP contribution in [0.2, 0.25) is 0 Å². The lowest BCUT2D eigenvalue weighted by Crippen LogP contribution is -2.47. The number of ether oxygens (including phenoxy) is 3. The van der Waals surface area contributed by atoms with Crippen LogP contribution in [0.3, 0.4) is 0 Å². The maximum Gasteiger partial charge on any atom is 0.191 e. The highest BCUT2D eigenvalue weighted by Crippen LogP contribution is 2.31. The van der Waals surface area contributed by atoms with Crippen LogP contribution in [0.1, 0.15) is 32.4 Å². The minimum atomic E-state index is 0.0480. The van der Waals surface area contributed by atoms with Crippen molar-refractivity contribution in [2.75, 3.05) is 55.6 Å². The number of likely N-dealkylation sites (N-methyl/N-ethyl adjacent to an activating group) is 1. The third-order valence-corrected chi connectivity index (χ3v) is 4.81. The van der Waals surface area contributed by atoms with E-state index in [2.05, 4.69) is 61.5 Å². The van der Waals surface area contributed by atoms with Crippen LogP contribution in [0.15, 0.2) is 23.2 Å². The number of nitrogens with one attached hydrogen (secondary N) is 2. The quantitative estimate of drug-likeness (QED) is 0.496. The smallest absolute Gasteiger partial charge is 0.191 e. The molecule has 2 N–H and O–H groups in total. The first-order valence-corrected chi connectivity index (χ1v) is 9.53. The Morgan fingerprint density at radius 1 is 1.04 bits per heavy atom. The highest BCUT2D eigenvalue weighted by Gasteiger charge is 2.24. The van der Waals surface area contributed by atoms with Gasteiger partial charge in [0.1, 0.15) is 0 Å². The van der Waals surface area contributed by atoms with Crippen LogP contribution in [0.25, 0.3) is 0 Å². The van der Waals surface area contributed by atoms with Crippen LogP contribution < -0.4 is 20.1 Å². The van der Waals surface area contributed by atoms with Gasteiger partial charge in [-0.1, -0.05) is 26.8 Å². The summed E-state index contributed by atoms with van der Waals surface area (Å²) in [6.45, 7) is 7.87. The van der Waals surface area contributed by atoms with Crippen LogP contribution in [-0.2, 0) is 4.74 Å². The lowest BCUT2D eigenvalue weighted by molar-refractivity contribution is 0.0205. The summed E-state index contributed by atoms with van der Waals surface area (Å²) in [5.74, 6) is 2.20. The molecule has 7 nitrogen and oxygen atoms in total. The molecule has 1 rings (SSSR count). The van der Waals surface area contributed by atoms with E-state index in [9.17, 15) is 0 Å². The van der Waals surface area contributed by atoms with Gasteiger partial charge in [0.05, 0.1) is 26.4 Å². The predicted octanol–water partition coefficient (Wildman–Crippen LogP) is 2.53. The normalized spacial score (nSPS) is 14.6. The Labute approximate surface area is 170 Å². The summed E-state index contributed by atoms with van der Waals surface area (Å²) < 4.78 is 16.4. The van der Waals surface area contributed by atoms with Crippen molar-refractivity contribution in [3.05, 3.63) is 23.8 Å². The molecule has 0 saturated carbocycles. The molecule has 0 spiro atoms. The summed E-state index contributed by atoms with van der Waals surface area (Å²) in [7, 11) is 10.9. The second-order valence-electron chi connectivity index (χ2n) is 8.02. The molecule has 0 fully saturated rings. The molecule has 0 radical (unpaired) electrons. The Kier molecular flexibility index (Phi) is 9.55. The maximum atomic E-state index is 5.61. The molecular weight excluding hydrogens is 356 g/mol. The number of hydrogen-bond acceptors (Lipinski definition) is 5. The van der Waals surface area contributed by atoms with Gasteiger partial charge in [-0.2, -0.15) is 0 Å². The van der Waals surface area contributed by atoms with Crippen molar-refractivity contribution in [2.24, 2.45) is 10.4 Å². The van der Waals surface area contributed by atoms with Gasteiger partial charge in [0.15, 0.2) is 17.5 Å². The number of guanidine groups is 1. The first-order valence-electron chi connectivity index (χ1n) is 9.53. The van der Waals surface area contributed by atoms with Crippen LogP contribution in [0, 0.1) is 5.41 Å². The number of methoxy groups -OCH3 is 3. The van der Waals surface area contributed by atoms with Gasteiger partial charge in [-0.05, 0) is 37.2 Å². The minimum absolute atomic E-state index is 0.0480. The fraction of sp³-hybridized carbons (Fsp3) is 0.667. The van der Waals surface area contributed by atoms with Gasteiger partial charge in [0.2, 0.25) is 0 Å². The highest BCUT2D eigenvalue weighted by atomic mass is 16.5. The monoisotopic (exact) mass is 394 g/mol. The zero-order chi connectivity index (χ0) is 21.3. The minimum Gasteiger partial charge on any atom is -0.493 e. The van der Waals surface area contributed by atoms with Crippen LogP contribution >= 0.6 is 0 Å². The van der Waals surface area contributed by atoms with Gasteiger partial charge >= 0.3 is 0 Å². The van der Waals surface area contributed by atoms with E-state index >= 15 is 0 Å².